The Morgan fingerprint density at radius 2 is 2.00 bits per heavy atom. The monoisotopic (exact) mass is 289 g/mol. The SMILES string of the molecule is CCCc1cc(C(=O)N(C)C2CCC(C)CC2)cc(N)n1. The Morgan fingerprint density at radius 3 is 2.62 bits per heavy atom. The van der Waals surface area contributed by atoms with Crippen molar-refractivity contribution in [3.8, 4) is 0 Å². The average Bonchev–Trinajstić information content (AvgIpc) is 2.46. The zero-order valence-electron chi connectivity index (χ0n) is 13.4. The first-order valence-corrected chi connectivity index (χ1v) is 8.04. The molecule has 0 radical (unpaired) electrons. The van der Waals surface area contributed by atoms with E-state index < -0.39 is 0 Å². The van der Waals surface area contributed by atoms with Crippen molar-refractivity contribution in [2.24, 2.45) is 5.92 Å². The molecule has 0 bridgehead atoms. The summed E-state index contributed by atoms with van der Waals surface area (Å²) < 4.78 is 0. The second-order valence-corrected chi connectivity index (χ2v) is 6.35. The summed E-state index contributed by atoms with van der Waals surface area (Å²) in [4.78, 5) is 18.9. The first-order chi connectivity index (χ1) is 10.0. The van der Waals surface area contributed by atoms with Crippen LogP contribution >= 0.6 is 0 Å². The van der Waals surface area contributed by atoms with E-state index in [0.717, 1.165) is 37.3 Å². The number of rotatable bonds is 4. The van der Waals surface area contributed by atoms with E-state index in [2.05, 4.69) is 18.8 Å². The number of nitrogen functional groups attached to an aromatic ring is 1. The van der Waals surface area contributed by atoms with Crippen LogP contribution in [-0.4, -0.2) is 28.9 Å². The Kier molecular flexibility index (Phi) is 5.21. The molecule has 0 unspecified atom stereocenters. The Bertz CT molecular complexity index is 493. The number of nitrogens with two attached hydrogens (primary N) is 1. The van der Waals surface area contributed by atoms with Crippen molar-refractivity contribution in [2.75, 3.05) is 12.8 Å². The number of amides is 1. The highest BCUT2D eigenvalue weighted by atomic mass is 16.2. The Morgan fingerprint density at radius 1 is 1.33 bits per heavy atom. The Balaban J connectivity index is 2.11. The zero-order chi connectivity index (χ0) is 15.4. The minimum atomic E-state index is 0.0704. The molecule has 1 aromatic rings. The molecular weight excluding hydrogens is 262 g/mol. The van der Waals surface area contributed by atoms with E-state index >= 15 is 0 Å². The summed E-state index contributed by atoms with van der Waals surface area (Å²) in [6.45, 7) is 4.39. The van der Waals surface area contributed by atoms with Crippen LogP contribution in [0.15, 0.2) is 12.1 Å². The first kappa shape index (κ1) is 15.8. The largest absolute Gasteiger partial charge is 0.384 e. The van der Waals surface area contributed by atoms with Crippen LogP contribution in [0.5, 0.6) is 0 Å². The van der Waals surface area contributed by atoms with Crippen LogP contribution in [0.1, 0.15) is 62.0 Å². The van der Waals surface area contributed by atoms with Crippen molar-refractivity contribution in [1.29, 1.82) is 0 Å². The van der Waals surface area contributed by atoms with Crippen LogP contribution in [0.25, 0.3) is 0 Å². The minimum Gasteiger partial charge on any atom is -0.384 e. The number of carbonyl (C=O) groups is 1. The van der Waals surface area contributed by atoms with Crippen molar-refractivity contribution in [1.82, 2.24) is 9.88 Å². The van der Waals surface area contributed by atoms with E-state index in [1.807, 2.05) is 18.0 Å². The molecule has 0 saturated heterocycles. The number of carbonyl (C=O) groups excluding carboxylic acids is 1. The number of nitrogens with zero attached hydrogens (tertiary/aromatic N) is 2. The number of anilines is 1. The molecule has 1 heterocycles. The van der Waals surface area contributed by atoms with Crippen LogP contribution in [-0.2, 0) is 6.42 Å². The lowest BCUT2D eigenvalue weighted by atomic mass is 9.86. The molecule has 1 aromatic heterocycles. The predicted octanol–water partition coefficient (Wildman–Crippen LogP) is 3.27. The van der Waals surface area contributed by atoms with Gasteiger partial charge >= 0.3 is 0 Å². The summed E-state index contributed by atoms with van der Waals surface area (Å²) in [6, 6.07) is 3.95. The van der Waals surface area contributed by atoms with Gasteiger partial charge in [-0.05, 0) is 50.2 Å². The third kappa shape index (κ3) is 3.96. The molecule has 0 atom stereocenters. The van der Waals surface area contributed by atoms with Gasteiger partial charge in [-0.15, -0.1) is 0 Å². The number of aryl methyl sites for hydroxylation is 1. The van der Waals surface area contributed by atoms with Gasteiger partial charge in [-0.25, -0.2) is 4.98 Å². The molecule has 0 spiro atoms. The second-order valence-electron chi connectivity index (χ2n) is 6.35. The molecule has 4 nitrogen and oxygen atoms in total. The summed E-state index contributed by atoms with van der Waals surface area (Å²) >= 11 is 0. The van der Waals surface area contributed by atoms with Gasteiger partial charge in [0.15, 0.2) is 0 Å². The van der Waals surface area contributed by atoms with Crippen LogP contribution in [0, 0.1) is 5.92 Å². The van der Waals surface area contributed by atoms with Crippen molar-refractivity contribution < 1.29 is 4.79 Å². The van der Waals surface area contributed by atoms with Gasteiger partial charge in [0.25, 0.3) is 5.91 Å². The lowest BCUT2D eigenvalue weighted by Crippen LogP contribution is -2.39. The van der Waals surface area contributed by atoms with Gasteiger partial charge in [-0.2, -0.15) is 0 Å². The molecule has 2 rings (SSSR count). The molecular formula is C17H27N3O. The smallest absolute Gasteiger partial charge is 0.254 e. The molecule has 0 aromatic carbocycles. The molecule has 4 heteroatoms. The minimum absolute atomic E-state index is 0.0704. The lowest BCUT2D eigenvalue weighted by Gasteiger charge is -2.33. The number of aromatic nitrogens is 1. The van der Waals surface area contributed by atoms with Crippen LogP contribution in [0.4, 0.5) is 5.82 Å². The van der Waals surface area contributed by atoms with Crippen molar-refractivity contribution in [2.45, 2.75) is 58.4 Å². The fraction of sp³-hybridized carbons (Fsp3) is 0.647. The molecule has 1 aliphatic carbocycles. The number of hydrogen-bond donors (Lipinski definition) is 1. The number of pyridine rings is 1. The lowest BCUT2D eigenvalue weighted by molar-refractivity contribution is 0.0679. The zero-order valence-corrected chi connectivity index (χ0v) is 13.4. The third-order valence-corrected chi connectivity index (χ3v) is 4.50. The van der Waals surface area contributed by atoms with E-state index in [4.69, 9.17) is 5.73 Å². The van der Waals surface area contributed by atoms with Crippen molar-refractivity contribution in [3.05, 3.63) is 23.4 Å². The van der Waals surface area contributed by atoms with Gasteiger partial charge in [-0.3, -0.25) is 4.79 Å². The predicted molar refractivity (Wildman–Crippen MR) is 86.2 cm³/mol. The van der Waals surface area contributed by atoms with E-state index in [1.165, 1.54) is 12.8 Å². The van der Waals surface area contributed by atoms with Crippen LogP contribution < -0.4 is 5.73 Å². The molecule has 2 N–H and O–H groups in total. The molecule has 1 amide bonds. The highest BCUT2D eigenvalue weighted by Gasteiger charge is 2.25. The molecule has 1 saturated carbocycles. The van der Waals surface area contributed by atoms with E-state index in [-0.39, 0.29) is 5.91 Å². The summed E-state index contributed by atoms with van der Waals surface area (Å²) in [7, 11) is 1.92. The fourth-order valence-corrected chi connectivity index (χ4v) is 3.12. The van der Waals surface area contributed by atoms with E-state index in [0.29, 0.717) is 17.4 Å². The van der Waals surface area contributed by atoms with E-state index in [1.54, 1.807) is 6.07 Å². The van der Waals surface area contributed by atoms with Gasteiger partial charge in [0.1, 0.15) is 5.82 Å². The average molecular weight is 289 g/mol. The normalized spacial score (nSPS) is 22.0. The van der Waals surface area contributed by atoms with Crippen molar-refractivity contribution >= 4 is 11.7 Å². The van der Waals surface area contributed by atoms with Gasteiger partial charge in [0, 0.05) is 24.3 Å². The molecule has 1 aliphatic rings. The highest BCUT2D eigenvalue weighted by Crippen LogP contribution is 2.27. The summed E-state index contributed by atoms with van der Waals surface area (Å²) in [6.07, 6.45) is 6.48. The molecule has 116 valence electrons. The van der Waals surface area contributed by atoms with Crippen molar-refractivity contribution in [3.63, 3.8) is 0 Å². The Labute approximate surface area is 127 Å². The fourth-order valence-electron chi connectivity index (χ4n) is 3.12. The Hall–Kier alpha value is -1.58. The summed E-state index contributed by atoms with van der Waals surface area (Å²) in [5, 5.41) is 0. The maximum Gasteiger partial charge on any atom is 0.254 e. The van der Waals surface area contributed by atoms with E-state index in [9.17, 15) is 4.79 Å². The molecule has 0 aliphatic heterocycles. The summed E-state index contributed by atoms with van der Waals surface area (Å²) in [5.41, 5.74) is 7.42. The van der Waals surface area contributed by atoms with Crippen LogP contribution in [0.2, 0.25) is 0 Å². The maximum absolute atomic E-state index is 12.7. The number of hydrogen-bond acceptors (Lipinski definition) is 3. The maximum atomic E-state index is 12.7. The topological polar surface area (TPSA) is 59.2 Å². The van der Waals surface area contributed by atoms with Crippen LogP contribution in [0.3, 0.4) is 0 Å². The standard InChI is InChI=1S/C17H27N3O/c1-4-5-14-10-13(11-16(18)19-14)17(21)20(3)15-8-6-12(2)7-9-15/h10-12,15H,4-9H2,1-3H3,(H2,18,19). The highest BCUT2D eigenvalue weighted by molar-refractivity contribution is 5.95. The van der Waals surface area contributed by atoms with Gasteiger partial charge in [0.2, 0.25) is 0 Å². The van der Waals surface area contributed by atoms with Gasteiger partial charge in [-0.1, -0.05) is 20.3 Å². The molecule has 21 heavy (non-hydrogen) atoms. The summed E-state index contributed by atoms with van der Waals surface area (Å²) in [5.74, 6) is 1.30. The first-order valence-electron chi connectivity index (χ1n) is 8.04. The van der Waals surface area contributed by atoms with Gasteiger partial charge < -0.3 is 10.6 Å². The van der Waals surface area contributed by atoms with Gasteiger partial charge in [0.05, 0.1) is 0 Å². The molecule has 1 fully saturated rings. The quantitative estimate of drug-likeness (QED) is 0.925. The second kappa shape index (κ2) is 6.92. The third-order valence-electron chi connectivity index (χ3n) is 4.50.